The third-order valence-corrected chi connectivity index (χ3v) is 4.26. The molecule has 1 N–H and O–H groups in total. The Balaban J connectivity index is 2.44. The molecular weight excluding hydrogens is 375 g/mol. The van der Waals surface area contributed by atoms with Gasteiger partial charge in [0, 0.05) is 34.3 Å². The van der Waals surface area contributed by atoms with Crippen LogP contribution in [0, 0.1) is 0 Å². The molecule has 0 aliphatic carbocycles. The van der Waals surface area contributed by atoms with Gasteiger partial charge in [0.1, 0.15) is 0 Å². The zero-order chi connectivity index (χ0) is 19.3. The maximum absolute atomic E-state index is 12.5. The second-order valence-electron chi connectivity index (χ2n) is 5.97. The molecule has 7 heteroatoms. The third kappa shape index (κ3) is 5.21. The van der Waals surface area contributed by atoms with Crippen molar-refractivity contribution in [1.82, 2.24) is 10.2 Å². The van der Waals surface area contributed by atoms with E-state index in [4.69, 9.17) is 27.9 Å². The highest BCUT2D eigenvalue weighted by atomic mass is 35.5. The molecule has 2 rings (SSSR count). The first-order chi connectivity index (χ1) is 12.3. The van der Waals surface area contributed by atoms with E-state index in [1.807, 2.05) is 19.0 Å². The molecule has 0 saturated carbocycles. The van der Waals surface area contributed by atoms with Gasteiger partial charge in [0.05, 0.1) is 12.7 Å². The second kappa shape index (κ2) is 9.03. The van der Waals surface area contributed by atoms with E-state index in [1.54, 1.807) is 30.3 Å². The fraction of sp³-hybridized carbons (Fsp3) is 0.263. The van der Waals surface area contributed by atoms with Gasteiger partial charge in [-0.25, -0.2) is 4.79 Å². The number of esters is 1. The molecule has 0 bridgehead atoms. The number of carbonyl (C=O) groups is 2. The number of hydrogen-bond acceptors (Lipinski definition) is 4. The molecule has 0 unspecified atom stereocenters. The van der Waals surface area contributed by atoms with Gasteiger partial charge in [-0.3, -0.25) is 4.79 Å². The number of benzene rings is 2. The Morgan fingerprint density at radius 2 is 1.77 bits per heavy atom. The summed E-state index contributed by atoms with van der Waals surface area (Å²) in [6.07, 6.45) is 0. The zero-order valence-corrected chi connectivity index (χ0v) is 16.3. The highest BCUT2D eigenvalue weighted by Crippen LogP contribution is 2.32. The molecule has 0 radical (unpaired) electrons. The summed E-state index contributed by atoms with van der Waals surface area (Å²) in [5.74, 6) is -0.815. The van der Waals surface area contributed by atoms with Gasteiger partial charge in [0.25, 0.3) is 5.91 Å². The van der Waals surface area contributed by atoms with Gasteiger partial charge in [-0.2, -0.15) is 0 Å². The van der Waals surface area contributed by atoms with Crippen molar-refractivity contribution >= 4 is 35.1 Å². The molecule has 0 atom stereocenters. The van der Waals surface area contributed by atoms with Gasteiger partial charge < -0.3 is 15.0 Å². The summed E-state index contributed by atoms with van der Waals surface area (Å²) in [6, 6.07) is 9.83. The van der Waals surface area contributed by atoms with Crippen LogP contribution in [0.5, 0.6) is 0 Å². The van der Waals surface area contributed by atoms with Crippen LogP contribution >= 0.6 is 23.2 Å². The van der Waals surface area contributed by atoms with E-state index in [-0.39, 0.29) is 11.5 Å². The van der Waals surface area contributed by atoms with Gasteiger partial charge in [-0.1, -0.05) is 23.2 Å². The smallest absolute Gasteiger partial charge is 0.337 e. The Morgan fingerprint density at radius 3 is 2.42 bits per heavy atom. The van der Waals surface area contributed by atoms with Crippen LogP contribution in [-0.4, -0.2) is 51.1 Å². The minimum atomic E-state index is -0.535. The molecule has 2 aromatic rings. The van der Waals surface area contributed by atoms with Crippen molar-refractivity contribution in [2.75, 3.05) is 34.3 Å². The van der Waals surface area contributed by atoms with Crippen LogP contribution in [0.2, 0.25) is 10.0 Å². The summed E-state index contributed by atoms with van der Waals surface area (Å²) in [5.41, 5.74) is 1.85. The van der Waals surface area contributed by atoms with Crippen LogP contribution < -0.4 is 5.32 Å². The Bertz CT molecular complexity index is 822. The number of nitrogens with one attached hydrogen (secondary N) is 1. The maximum atomic E-state index is 12.5. The molecule has 0 saturated heterocycles. The van der Waals surface area contributed by atoms with E-state index in [1.165, 1.54) is 13.2 Å². The standard InChI is InChI=1S/C19H20Cl2N2O3/c1-23(2)7-6-22-18(24)13-8-12(9-14(10-13)19(25)26-3)16-11-15(20)4-5-17(16)21/h4-5,8-11H,6-7H2,1-3H3,(H,22,24). The fourth-order valence-corrected chi connectivity index (χ4v) is 2.76. The zero-order valence-electron chi connectivity index (χ0n) is 14.8. The van der Waals surface area contributed by atoms with Crippen molar-refractivity contribution < 1.29 is 14.3 Å². The molecule has 0 aliphatic heterocycles. The Labute approximate surface area is 162 Å². The van der Waals surface area contributed by atoms with Crippen molar-refractivity contribution in [3.05, 3.63) is 57.6 Å². The van der Waals surface area contributed by atoms with Crippen LogP contribution in [0.4, 0.5) is 0 Å². The fourth-order valence-electron chi connectivity index (χ4n) is 2.36. The van der Waals surface area contributed by atoms with Crippen molar-refractivity contribution in [3.63, 3.8) is 0 Å². The van der Waals surface area contributed by atoms with Crippen molar-refractivity contribution in [2.45, 2.75) is 0 Å². The molecule has 0 fully saturated rings. The first kappa shape index (κ1) is 20.2. The van der Waals surface area contributed by atoms with Crippen molar-refractivity contribution in [1.29, 1.82) is 0 Å². The number of nitrogens with zero attached hydrogens (tertiary/aromatic N) is 1. The summed E-state index contributed by atoms with van der Waals surface area (Å²) in [5, 5.41) is 3.80. The summed E-state index contributed by atoms with van der Waals surface area (Å²) in [7, 11) is 5.13. The van der Waals surface area contributed by atoms with Crippen LogP contribution in [0.15, 0.2) is 36.4 Å². The molecule has 5 nitrogen and oxygen atoms in total. The average Bonchev–Trinajstić information content (AvgIpc) is 2.62. The highest BCUT2D eigenvalue weighted by Gasteiger charge is 2.15. The number of methoxy groups -OCH3 is 1. The van der Waals surface area contributed by atoms with Gasteiger partial charge in [0.2, 0.25) is 0 Å². The van der Waals surface area contributed by atoms with E-state index in [0.29, 0.717) is 39.8 Å². The average molecular weight is 395 g/mol. The monoisotopic (exact) mass is 394 g/mol. The minimum Gasteiger partial charge on any atom is -0.465 e. The molecule has 1 amide bonds. The SMILES string of the molecule is COC(=O)c1cc(C(=O)NCCN(C)C)cc(-c2cc(Cl)ccc2Cl)c1. The van der Waals surface area contributed by atoms with Crippen LogP contribution in [0.1, 0.15) is 20.7 Å². The highest BCUT2D eigenvalue weighted by molar-refractivity contribution is 6.35. The van der Waals surface area contributed by atoms with E-state index in [0.717, 1.165) is 0 Å². The van der Waals surface area contributed by atoms with E-state index in [2.05, 4.69) is 5.32 Å². The number of likely N-dealkylation sites (N-methyl/N-ethyl adjacent to an activating group) is 1. The van der Waals surface area contributed by atoms with Crippen molar-refractivity contribution in [2.24, 2.45) is 0 Å². The topological polar surface area (TPSA) is 58.6 Å². The summed E-state index contributed by atoms with van der Waals surface area (Å²) >= 11 is 12.3. The van der Waals surface area contributed by atoms with E-state index >= 15 is 0 Å². The van der Waals surface area contributed by atoms with E-state index < -0.39 is 5.97 Å². The number of amides is 1. The number of halogens is 2. The molecule has 138 valence electrons. The molecule has 0 spiro atoms. The lowest BCUT2D eigenvalue weighted by molar-refractivity contribution is 0.0601. The molecule has 0 aliphatic rings. The quantitative estimate of drug-likeness (QED) is 0.758. The molecule has 26 heavy (non-hydrogen) atoms. The lowest BCUT2D eigenvalue weighted by Gasteiger charge is -2.13. The van der Waals surface area contributed by atoms with Gasteiger partial charge in [-0.15, -0.1) is 0 Å². The normalized spacial score (nSPS) is 10.7. The number of carbonyl (C=O) groups excluding carboxylic acids is 2. The molecule has 0 aromatic heterocycles. The summed E-state index contributed by atoms with van der Waals surface area (Å²) in [4.78, 5) is 26.5. The van der Waals surface area contributed by atoms with Gasteiger partial charge >= 0.3 is 5.97 Å². The first-order valence-corrected chi connectivity index (χ1v) is 8.69. The van der Waals surface area contributed by atoms with Crippen LogP contribution in [0.3, 0.4) is 0 Å². The molecular formula is C19H20Cl2N2O3. The lowest BCUT2D eigenvalue weighted by atomic mass is 9.99. The Hall–Kier alpha value is -2.08. The van der Waals surface area contributed by atoms with E-state index in [9.17, 15) is 9.59 Å². The molecule has 2 aromatic carbocycles. The summed E-state index contributed by atoms with van der Waals surface area (Å²) in [6.45, 7) is 1.19. The number of rotatable bonds is 6. The Morgan fingerprint density at radius 1 is 1.08 bits per heavy atom. The number of hydrogen-bond donors (Lipinski definition) is 1. The van der Waals surface area contributed by atoms with Gasteiger partial charge in [0.15, 0.2) is 0 Å². The van der Waals surface area contributed by atoms with Crippen molar-refractivity contribution in [3.8, 4) is 11.1 Å². The maximum Gasteiger partial charge on any atom is 0.337 e. The number of ether oxygens (including phenoxy) is 1. The summed E-state index contributed by atoms with van der Waals surface area (Å²) < 4.78 is 4.79. The minimum absolute atomic E-state index is 0.263. The largest absolute Gasteiger partial charge is 0.465 e. The first-order valence-electron chi connectivity index (χ1n) is 7.93. The Kier molecular flexibility index (Phi) is 7.03. The third-order valence-electron chi connectivity index (χ3n) is 3.70. The van der Waals surface area contributed by atoms with Crippen LogP contribution in [0.25, 0.3) is 11.1 Å². The van der Waals surface area contributed by atoms with Crippen LogP contribution in [-0.2, 0) is 4.74 Å². The van der Waals surface area contributed by atoms with Gasteiger partial charge in [-0.05, 0) is 56.1 Å². The predicted octanol–water partition coefficient (Wildman–Crippen LogP) is 3.74. The molecule has 0 heterocycles. The predicted molar refractivity (Wildman–Crippen MR) is 104 cm³/mol. The lowest BCUT2D eigenvalue weighted by Crippen LogP contribution is -2.31. The second-order valence-corrected chi connectivity index (χ2v) is 6.82.